The maximum atomic E-state index is 6.22. The summed E-state index contributed by atoms with van der Waals surface area (Å²) >= 11 is 12.4. The SMILES string of the molecule is CCC[N+](C)(CCCNc1ccc(C)c(Cl)c1)CCCNc1ccc(C)c(Cl)c1. The highest BCUT2D eigenvalue weighted by molar-refractivity contribution is 6.31. The van der Waals surface area contributed by atoms with Crippen LogP contribution in [-0.4, -0.2) is 44.3 Å². The van der Waals surface area contributed by atoms with Crippen LogP contribution in [0.15, 0.2) is 36.4 Å². The van der Waals surface area contributed by atoms with E-state index in [1.54, 1.807) is 0 Å². The van der Waals surface area contributed by atoms with Crippen molar-refractivity contribution in [2.24, 2.45) is 0 Å². The van der Waals surface area contributed by atoms with Crippen molar-refractivity contribution in [1.29, 1.82) is 0 Å². The summed E-state index contributed by atoms with van der Waals surface area (Å²) in [5.74, 6) is 0. The Morgan fingerprint density at radius 1 is 0.759 bits per heavy atom. The zero-order valence-corrected chi connectivity index (χ0v) is 19.8. The van der Waals surface area contributed by atoms with Crippen molar-refractivity contribution in [3.05, 3.63) is 57.6 Å². The zero-order valence-electron chi connectivity index (χ0n) is 18.3. The Morgan fingerprint density at radius 3 is 1.59 bits per heavy atom. The number of benzene rings is 2. The summed E-state index contributed by atoms with van der Waals surface area (Å²) < 4.78 is 1.11. The molecule has 0 unspecified atom stereocenters. The molecule has 0 aliphatic heterocycles. The van der Waals surface area contributed by atoms with Crippen molar-refractivity contribution in [3.63, 3.8) is 0 Å². The van der Waals surface area contributed by atoms with Gasteiger partial charge >= 0.3 is 0 Å². The van der Waals surface area contributed by atoms with Gasteiger partial charge in [0.15, 0.2) is 0 Å². The molecule has 29 heavy (non-hydrogen) atoms. The largest absolute Gasteiger partial charge is 0.385 e. The standard InChI is InChI=1S/C24H36Cl2N3/c1-5-14-29(4,15-6-12-27-21-10-8-19(2)23(25)17-21)16-7-13-28-22-11-9-20(3)24(26)18-22/h8-11,17-18,27-28H,5-7,12-16H2,1-4H3/q+1. The lowest BCUT2D eigenvalue weighted by Gasteiger charge is -2.34. The minimum Gasteiger partial charge on any atom is -0.385 e. The van der Waals surface area contributed by atoms with Gasteiger partial charge in [-0.3, -0.25) is 0 Å². The van der Waals surface area contributed by atoms with Crippen LogP contribution in [0.2, 0.25) is 10.0 Å². The molecule has 2 N–H and O–H groups in total. The van der Waals surface area contributed by atoms with Crippen LogP contribution in [0.3, 0.4) is 0 Å². The molecule has 0 aliphatic rings. The van der Waals surface area contributed by atoms with Gasteiger partial charge in [0, 0.05) is 47.4 Å². The van der Waals surface area contributed by atoms with E-state index in [1.165, 1.54) is 26.1 Å². The molecule has 2 aromatic carbocycles. The number of aryl methyl sites for hydroxylation is 2. The van der Waals surface area contributed by atoms with Crippen molar-refractivity contribution in [1.82, 2.24) is 0 Å². The minimum atomic E-state index is 0.823. The first-order chi connectivity index (χ1) is 13.8. The average Bonchev–Trinajstić information content (AvgIpc) is 2.68. The first kappa shape index (κ1) is 23.9. The van der Waals surface area contributed by atoms with E-state index >= 15 is 0 Å². The van der Waals surface area contributed by atoms with E-state index < -0.39 is 0 Å². The Morgan fingerprint density at radius 2 is 1.21 bits per heavy atom. The second kappa shape index (κ2) is 11.7. The molecule has 0 fully saturated rings. The van der Waals surface area contributed by atoms with E-state index in [0.717, 1.165) is 63.0 Å². The predicted molar refractivity (Wildman–Crippen MR) is 130 cm³/mol. The summed E-state index contributed by atoms with van der Waals surface area (Å²) in [7, 11) is 2.38. The Kier molecular flexibility index (Phi) is 9.61. The molecule has 0 atom stereocenters. The normalized spacial score (nSPS) is 11.5. The van der Waals surface area contributed by atoms with Crippen molar-refractivity contribution in [2.75, 3.05) is 50.4 Å². The number of nitrogens with one attached hydrogen (secondary N) is 2. The fourth-order valence-corrected chi connectivity index (χ4v) is 4.03. The van der Waals surface area contributed by atoms with E-state index in [-0.39, 0.29) is 0 Å². The Bertz CT molecular complexity index is 717. The smallest absolute Gasteiger partial charge is 0.0801 e. The van der Waals surface area contributed by atoms with Crippen molar-refractivity contribution >= 4 is 34.6 Å². The van der Waals surface area contributed by atoms with Crippen molar-refractivity contribution in [2.45, 2.75) is 40.0 Å². The first-order valence-corrected chi connectivity index (χ1v) is 11.4. The Balaban J connectivity index is 1.74. The molecule has 2 rings (SSSR count). The molecule has 0 spiro atoms. The van der Waals surface area contributed by atoms with E-state index in [9.17, 15) is 0 Å². The highest BCUT2D eigenvalue weighted by atomic mass is 35.5. The monoisotopic (exact) mass is 436 g/mol. The molecule has 0 bridgehead atoms. The molecule has 2 aromatic rings. The molecule has 160 valence electrons. The van der Waals surface area contributed by atoms with E-state index in [1.807, 2.05) is 26.0 Å². The number of hydrogen-bond acceptors (Lipinski definition) is 2. The lowest BCUT2D eigenvalue weighted by atomic mass is 10.2. The third-order valence-corrected chi connectivity index (χ3v) is 6.33. The van der Waals surface area contributed by atoms with Gasteiger partial charge in [-0.05, 0) is 55.7 Å². The minimum absolute atomic E-state index is 0.823. The number of rotatable bonds is 12. The second-order valence-corrected chi connectivity index (χ2v) is 9.09. The predicted octanol–water partition coefficient (Wildman–Crippen LogP) is 6.77. The zero-order chi connectivity index (χ0) is 21.3. The fraction of sp³-hybridized carbons (Fsp3) is 0.500. The van der Waals surface area contributed by atoms with Gasteiger partial charge in [-0.25, -0.2) is 0 Å². The lowest BCUT2D eigenvalue weighted by Crippen LogP contribution is -2.47. The third kappa shape index (κ3) is 8.08. The van der Waals surface area contributed by atoms with Gasteiger partial charge < -0.3 is 15.1 Å². The average molecular weight is 437 g/mol. The maximum absolute atomic E-state index is 6.22. The molecule has 0 saturated heterocycles. The molecular weight excluding hydrogens is 401 g/mol. The van der Waals surface area contributed by atoms with Crippen LogP contribution in [0.5, 0.6) is 0 Å². The molecule has 5 heteroatoms. The Labute approximate surface area is 187 Å². The summed E-state index contributed by atoms with van der Waals surface area (Å²) in [6, 6.07) is 12.4. The third-order valence-electron chi connectivity index (χ3n) is 5.51. The van der Waals surface area contributed by atoms with Crippen LogP contribution in [-0.2, 0) is 0 Å². The Hall–Kier alpha value is -1.42. The summed E-state index contributed by atoms with van der Waals surface area (Å²) in [5, 5.41) is 8.66. The van der Waals surface area contributed by atoms with Crippen molar-refractivity contribution in [3.8, 4) is 0 Å². The number of nitrogens with zero attached hydrogens (tertiary/aromatic N) is 1. The van der Waals surface area contributed by atoms with E-state index in [2.05, 4.69) is 48.9 Å². The topological polar surface area (TPSA) is 24.1 Å². The summed E-state index contributed by atoms with van der Waals surface area (Å²) in [5.41, 5.74) is 4.44. The second-order valence-electron chi connectivity index (χ2n) is 8.28. The van der Waals surface area contributed by atoms with Crippen LogP contribution in [0.25, 0.3) is 0 Å². The number of hydrogen-bond donors (Lipinski definition) is 2. The lowest BCUT2D eigenvalue weighted by molar-refractivity contribution is -0.909. The van der Waals surface area contributed by atoms with Gasteiger partial charge in [0.1, 0.15) is 0 Å². The highest BCUT2D eigenvalue weighted by Gasteiger charge is 2.19. The molecule has 3 nitrogen and oxygen atoms in total. The molecule has 0 saturated carbocycles. The van der Waals surface area contributed by atoms with Crippen LogP contribution >= 0.6 is 23.2 Å². The van der Waals surface area contributed by atoms with Gasteiger partial charge in [-0.2, -0.15) is 0 Å². The quantitative estimate of drug-likeness (QED) is 0.283. The van der Waals surface area contributed by atoms with Gasteiger partial charge in [0.25, 0.3) is 0 Å². The molecule has 0 amide bonds. The fourth-order valence-electron chi connectivity index (χ4n) is 3.67. The molecule has 0 heterocycles. The first-order valence-electron chi connectivity index (χ1n) is 10.7. The molecule has 0 radical (unpaired) electrons. The molecular formula is C24H36Cl2N3+. The number of anilines is 2. The molecule has 0 aromatic heterocycles. The van der Waals surface area contributed by atoms with Crippen molar-refractivity contribution < 1.29 is 4.48 Å². The summed E-state index contributed by atoms with van der Waals surface area (Å²) in [6.07, 6.45) is 3.49. The van der Waals surface area contributed by atoms with Crippen LogP contribution in [0.1, 0.15) is 37.3 Å². The number of quaternary nitrogens is 1. The van der Waals surface area contributed by atoms with Gasteiger partial charge in [0.05, 0.1) is 26.7 Å². The van der Waals surface area contributed by atoms with Crippen LogP contribution < -0.4 is 10.6 Å². The van der Waals surface area contributed by atoms with Gasteiger partial charge in [-0.15, -0.1) is 0 Å². The summed E-state index contributed by atoms with van der Waals surface area (Å²) in [6.45, 7) is 11.8. The molecule has 0 aliphatic carbocycles. The van der Waals surface area contributed by atoms with Gasteiger partial charge in [0.2, 0.25) is 0 Å². The van der Waals surface area contributed by atoms with E-state index in [4.69, 9.17) is 23.2 Å². The van der Waals surface area contributed by atoms with Gasteiger partial charge in [-0.1, -0.05) is 42.3 Å². The van der Waals surface area contributed by atoms with Crippen LogP contribution in [0, 0.1) is 13.8 Å². The number of halogens is 2. The van der Waals surface area contributed by atoms with E-state index in [0.29, 0.717) is 0 Å². The maximum Gasteiger partial charge on any atom is 0.0801 e. The van der Waals surface area contributed by atoms with Crippen LogP contribution in [0.4, 0.5) is 11.4 Å². The summed E-state index contributed by atoms with van der Waals surface area (Å²) in [4.78, 5) is 0. The highest BCUT2D eigenvalue weighted by Crippen LogP contribution is 2.21.